The second-order valence-electron chi connectivity index (χ2n) is 4.05. The first kappa shape index (κ1) is 11.1. The van der Waals surface area contributed by atoms with E-state index in [4.69, 9.17) is 11.6 Å². The van der Waals surface area contributed by atoms with Gasteiger partial charge in [0.25, 0.3) is 0 Å². The second-order valence-corrected chi connectivity index (χ2v) is 5.88. The molecule has 2 rings (SSSR count). The van der Waals surface area contributed by atoms with Crippen molar-refractivity contribution in [1.29, 1.82) is 0 Å². The zero-order valence-corrected chi connectivity index (χ0v) is 10.5. The molecule has 0 aliphatic carbocycles. The van der Waals surface area contributed by atoms with Gasteiger partial charge in [-0.2, -0.15) is 11.8 Å². The van der Waals surface area contributed by atoms with Crippen molar-refractivity contribution in [2.24, 2.45) is 0 Å². The third kappa shape index (κ3) is 2.79. The fraction of sp³-hybridized carbons (Fsp3) is 0.545. The first-order valence-corrected chi connectivity index (χ1v) is 6.58. The van der Waals surface area contributed by atoms with Crippen molar-refractivity contribution in [3.63, 3.8) is 0 Å². The summed E-state index contributed by atoms with van der Waals surface area (Å²) >= 11 is 7.90. The van der Waals surface area contributed by atoms with Gasteiger partial charge < -0.3 is 5.32 Å². The van der Waals surface area contributed by atoms with Gasteiger partial charge in [0.2, 0.25) is 0 Å². The van der Waals surface area contributed by atoms with Crippen LogP contribution in [0.3, 0.4) is 0 Å². The maximum absolute atomic E-state index is 5.88. The van der Waals surface area contributed by atoms with Crippen molar-refractivity contribution >= 4 is 29.1 Å². The Morgan fingerprint density at radius 3 is 3.00 bits per heavy atom. The molecule has 4 heteroatoms. The van der Waals surface area contributed by atoms with E-state index < -0.39 is 0 Å². The first-order valence-electron chi connectivity index (χ1n) is 5.15. The third-order valence-electron chi connectivity index (χ3n) is 2.58. The minimum Gasteiger partial charge on any atom is -0.380 e. The number of nitrogens with zero attached hydrogens (tertiary/aromatic N) is 1. The van der Waals surface area contributed by atoms with Crippen molar-refractivity contribution in [1.82, 2.24) is 4.98 Å². The highest BCUT2D eigenvalue weighted by Gasteiger charge is 2.21. The molecule has 1 saturated heterocycles. The van der Waals surface area contributed by atoms with E-state index in [-0.39, 0.29) is 0 Å². The van der Waals surface area contributed by atoms with E-state index in [1.807, 2.05) is 24.9 Å². The summed E-state index contributed by atoms with van der Waals surface area (Å²) in [7, 11) is 0. The van der Waals surface area contributed by atoms with Gasteiger partial charge in [0.05, 0.1) is 11.9 Å². The molecule has 82 valence electrons. The lowest BCUT2D eigenvalue weighted by Crippen LogP contribution is -2.19. The molecular formula is C11H15ClN2S. The molecule has 1 aliphatic heterocycles. The average molecular weight is 243 g/mol. The molecular weight excluding hydrogens is 228 g/mol. The van der Waals surface area contributed by atoms with E-state index in [9.17, 15) is 0 Å². The standard InChI is InChI=1S/C11H15ClN2S/c1-7-3-9(5-13-11(7)12)14-10-4-8(2)15-6-10/h3,5,8,10,14H,4,6H2,1-2H3. The summed E-state index contributed by atoms with van der Waals surface area (Å²) in [4.78, 5) is 4.14. The summed E-state index contributed by atoms with van der Waals surface area (Å²) in [6, 6.07) is 2.63. The number of aryl methyl sites for hydroxylation is 1. The van der Waals surface area contributed by atoms with Gasteiger partial charge in [0.15, 0.2) is 0 Å². The van der Waals surface area contributed by atoms with E-state index in [1.54, 1.807) is 0 Å². The maximum Gasteiger partial charge on any atom is 0.132 e. The van der Waals surface area contributed by atoms with Crippen LogP contribution in [0.2, 0.25) is 5.15 Å². The number of rotatable bonds is 2. The Kier molecular flexibility index (Phi) is 3.42. The van der Waals surface area contributed by atoms with Gasteiger partial charge in [-0.15, -0.1) is 0 Å². The van der Waals surface area contributed by atoms with Crippen LogP contribution in [-0.4, -0.2) is 22.0 Å². The van der Waals surface area contributed by atoms with Crippen LogP contribution in [0.25, 0.3) is 0 Å². The first-order chi connectivity index (χ1) is 7.15. The van der Waals surface area contributed by atoms with E-state index >= 15 is 0 Å². The normalized spacial score (nSPS) is 25.5. The van der Waals surface area contributed by atoms with Gasteiger partial charge in [-0.05, 0) is 25.0 Å². The predicted octanol–water partition coefficient (Wildman–Crippen LogP) is 3.35. The van der Waals surface area contributed by atoms with E-state index in [1.165, 1.54) is 12.2 Å². The van der Waals surface area contributed by atoms with E-state index in [2.05, 4.69) is 23.3 Å². The van der Waals surface area contributed by atoms with Crippen molar-refractivity contribution in [2.45, 2.75) is 31.6 Å². The number of anilines is 1. The Balaban J connectivity index is 2.02. The molecule has 0 amide bonds. The lowest BCUT2D eigenvalue weighted by molar-refractivity contribution is 0.746. The van der Waals surface area contributed by atoms with Crippen molar-refractivity contribution in [3.05, 3.63) is 23.0 Å². The molecule has 1 aromatic heterocycles. The highest BCUT2D eigenvalue weighted by Crippen LogP contribution is 2.28. The number of halogens is 1. The summed E-state index contributed by atoms with van der Waals surface area (Å²) < 4.78 is 0. The van der Waals surface area contributed by atoms with Gasteiger partial charge in [0, 0.05) is 17.0 Å². The van der Waals surface area contributed by atoms with Crippen molar-refractivity contribution in [2.75, 3.05) is 11.1 Å². The summed E-state index contributed by atoms with van der Waals surface area (Å²) in [5.41, 5.74) is 2.11. The minimum atomic E-state index is 0.576. The highest BCUT2D eigenvalue weighted by atomic mass is 35.5. The van der Waals surface area contributed by atoms with Crippen LogP contribution in [0.5, 0.6) is 0 Å². The number of hydrogen-bond donors (Lipinski definition) is 1. The fourth-order valence-electron chi connectivity index (χ4n) is 1.79. The SMILES string of the molecule is Cc1cc(NC2CSC(C)C2)cnc1Cl. The summed E-state index contributed by atoms with van der Waals surface area (Å²) in [5.74, 6) is 1.18. The topological polar surface area (TPSA) is 24.9 Å². The van der Waals surface area contributed by atoms with Gasteiger partial charge >= 0.3 is 0 Å². The smallest absolute Gasteiger partial charge is 0.132 e. The fourth-order valence-corrected chi connectivity index (χ4v) is 3.04. The Bertz CT molecular complexity index is 356. The number of hydrogen-bond acceptors (Lipinski definition) is 3. The summed E-state index contributed by atoms with van der Waals surface area (Å²) in [5, 5.41) is 4.86. The molecule has 2 heterocycles. The lowest BCUT2D eigenvalue weighted by Gasteiger charge is -2.13. The molecule has 1 aliphatic rings. The Morgan fingerprint density at radius 2 is 2.40 bits per heavy atom. The third-order valence-corrected chi connectivity index (χ3v) is 4.34. The number of pyridine rings is 1. The van der Waals surface area contributed by atoms with Crippen LogP contribution in [-0.2, 0) is 0 Å². The number of aromatic nitrogens is 1. The molecule has 1 aromatic rings. The average Bonchev–Trinajstić information content (AvgIpc) is 2.58. The number of nitrogens with one attached hydrogen (secondary N) is 1. The molecule has 1 N–H and O–H groups in total. The zero-order chi connectivity index (χ0) is 10.8. The van der Waals surface area contributed by atoms with E-state index in [0.29, 0.717) is 11.2 Å². The summed E-state index contributed by atoms with van der Waals surface area (Å²) in [6.07, 6.45) is 3.04. The molecule has 0 saturated carbocycles. The van der Waals surface area contributed by atoms with Crippen molar-refractivity contribution < 1.29 is 0 Å². The second kappa shape index (κ2) is 4.62. The van der Waals surface area contributed by atoms with E-state index in [0.717, 1.165) is 16.5 Å². The van der Waals surface area contributed by atoms with Crippen LogP contribution >= 0.6 is 23.4 Å². The van der Waals surface area contributed by atoms with Crippen LogP contribution in [0, 0.1) is 6.92 Å². The molecule has 2 nitrogen and oxygen atoms in total. The number of thioether (sulfide) groups is 1. The van der Waals surface area contributed by atoms with Crippen LogP contribution in [0.4, 0.5) is 5.69 Å². The highest BCUT2D eigenvalue weighted by molar-refractivity contribution is 8.00. The molecule has 0 aromatic carbocycles. The molecule has 15 heavy (non-hydrogen) atoms. The molecule has 1 fully saturated rings. The minimum absolute atomic E-state index is 0.576. The molecule has 2 unspecified atom stereocenters. The van der Waals surface area contributed by atoms with Gasteiger partial charge in [-0.25, -0.2) is 4.98 Å². The van der Waals surface area contributed by atoms with Gasteiger partial charge in [-0.3, -0.25) is 0 Å². The van der Waals surface area contributed by atoms with Crippen LogP contribution in [0.1, 0.15) is 18.9 Å². The molecule has 0 spiro atoms. The summed E-state index contributed by atoms with van der Waals surface area (Å²) in [6.45, 7) is 4.25. The quantitative estimate of drug-likeness (QED) is 0.806. The molecule has 0 radical (unpaired) electrons. The van der Waals surface area contributed by atoms with Gasteiger partial charge in [0.1, 0.15) is 5.15 Å². The Hall–Kier alpha value is -0.410. The zero-order valence-electron chi connectivity index (χ0n) is 8.96. The largest absolute Gasteiger partial charge is 0.380 e. The maximum atomic E-state index is 5.88. The Labute approximate surface area is 99.8 Å². The van der Waals surface area contributed by atoms with Gasteiger partial charge in [-0.1, -0.05) is 18.5 Å². The van der Waals surface area contributed by atoms with Crippen molar-refractivity contribution in [3.8, 4) is 0 Å². The monoisotopic (exact) mass is 242 g/mol. The van der Waals surface area contributed by atoms with Crippen LogP contribution in [0.15, 0.2) is 12.3 Å². The lowest BCUT2D eigenvalue weighted by atomic mass is 10.2. The molecule has 0 bridgehead atoms. The van der Waals surface area contributed by atoms with Crippen LogP contribution < -0.4 is 5.32 Å². The Morgan fingerprint density at radius 1 is 1.60 bits per heavy atom. The predicted molar refractivity (Wildman–Crippen MR) is 67.9 cm³/mol. The molecule has 2 atom stereocenters.